The zero-order valence-electron chi connectivity index (χ0n) is 16.5. The average molecular weight is 450 g/mol. The Morgan fingerprint density at radius 3 is 2.68 bits per heavy atom. The fourth-order valence-corrected chi connectivity index (χ4v) is 3.90. The van der Waals surface area contributed by atoms with Crippen molar-refractivity contribution < 1.29 is 22.7 Å². The van der Waals surface area contributed by atoms with Crippen LogP contribution in [0.5, 0.6) is 0 Å². The summed E-state index contributed by atoms with van der Waals surface area (Å²) in [6.07, 6.45) is -4.40. The number of fused-ring (bicyclic) bond motifs is 1. The summed E-state index contributed by atoms with van der Waals surface area (Å²) >= 11 is 1.46. The third kappa shape index (κ3) is 3.86. The first kappa shape index (κ1) is 21.2. The maximum absolute atomic E-state index is 13.2. The molecule has 3 aromatic heterocycles. The predicted octanol–water partition coefficient (Wildman–Crippen LogP) is 4.02. The van der Waals surface area contributed by atoms with Gasteiger partial charge in [-0.25, -0.2) is 14.5 Å². The zero-order chi connectivity index (χ0) is 22.4. The van der Waals surface area contributed by atoms with E-state index in [9.17, 15) is 23.1 Å². The fourth-order valence-electron chi connectivity index (χ4n) is 3.28. The van der Waals surface area contributed by atoms with Gasteiger partial charge in [-0.2, -0.15) is 13.2 Å². The third-order valence-electron chi connectivity index (χ3n) is 4.99. The topological polar surface area (TPSA) is 94.0 Å². The van der Waals surface area contributed by atoms with Gasteiger partial charge in [-0.05, 0) is 25.0 Å². The Bertz CT molecular complexity index is 1310. The normalized spacial score (nSPS) is 14.1. The second kappa shape index (κ2) is 7.57. The summed E-state index contributed by atoms with van der Waals surface area (Å²) in [5.41, 5.74) is -1.91. The molecule has 0 saturated carbocycles. The molecule has 1 N–H and O–H groups in total. The van der Waals surface area contributed by atoms with Gasteiger partial charge in [-0.1, -0.05) is 24.3 Å². The maximum Gasteiger partial charge on any atom is 0.423 e. The molecule has 0 aliphatic heterocycles. The lowest BCUT2D eigenvalue weighted by atomic mass is 9.96. The van der Waals surface area contributed by atoms with E-state index in [1.807, 2.05) is 12.3 Å². The summed E-state index contributed by atoms with van der Waals surface area (Å²) in [6, 6.07) is 6.51. The summed E-state index contributed by atoms with van der Waals surface area (Å²) in [5, 5.41) is 20.6. The Morgan fingerprint density at radius 1 is 1.26 bits per heavy atom. The minimum absolute atomic E-state index is 0.0737. The molecule has 0 aliphatic carbocycles. The van der Waals surface area contributed by atoms with Crippen LogP contribution in [0.25, 0.3) is 22.2 Å². The van der Waals surface area contributed by atoms with E-state index in [1.165, 1.54) is 29.0 Å². The summed E-state index contributed by atoms with van der Waals surface area (Å²) < 4.78 is 46.2. The number of nitrogens with zero attached hydrogens (tertiary/aromatic N) is 4. The lowest BCUT2D eigenvalue weighted by Crippen LogP contribution is -2.42. The molecule has 162 valence electrons. The lowest BCUT2D eigenvalue weighted by Gasteiger charge is -2.26. The van der Waals surface area contributed by atoms with Crippen molar-refractivity contribution in [2.45, 2.75) is 38.6 Å². The molecular formula is C20H17F3N4O3S. The molecule has 0 radical (unpaired) electrons. The minimum atomic E-state index is -4.88. The summed E-state index contributed by atoms with van der Waals surface area (Å²) in [6.45, 7) is 3.16. The first-order valence-electron chi connectivity index (χ1n) is 9.29. The highest BCUT2D eigenvalue weighted by Crippen LogP contribution is 2.40. The van der Waals surface area contributed by atoms with Crippen LogP contribution in [0, 0.1) is 6.92 Å². The molecule has 11 heteroatoms. The molecule has 4 rings (SSSR count). The van der Waals surface area contributed by atoms with Gasteiger partial charge in [0.2, 0.25) is 5.60 Å². The highest BCUT2D eigenvalue weighted by atomic mass is 32.1. The Morgan fingerprint density at radius 2 is 2.03 bits per heavy atom. The van der Waals surface area contributed by atoms with Gasteiger partial charge in [0.25, 0.3) is 0 Å². The smallest absolute Gasteiger partial charge is 0.423 e. The van der Waals surface area contributed by atoms with Crippen molar-refractivity contribution in [2.24, 2.45) is 0 Å². The molecule has 0 fully saturated rings. The molecule has 0 aliphatic rings. The number of alkyl halides is 3. The Balaban J connectivity index is 1.68. The molecule has 7 nitrogen and oxygen atoms in total. The number of aromatic nitrogens is 4. The first-order valence-corrected chi connectivity index (χ1v) is 10.2. The maximum atomic E-state index is 13.2. The summed E-state index contributed by atoms with van der Waals surface area (Å²) in [7, 11) is 0. The zero-order valence-corrected chi connectivity index (χ0v) is 17.3. The van der Waals surface area contributed by atoms with E-state index >= 15 is 0 Å². The second-order valence-corrected chi connectivity index (χ2v) is 8.14. The Hall–Kier alpha value is -3.05. The molecule has 1 unspecified atom stereocenters. The molecular weight excluding hydrogens is 433 g/mol. The van der Waals surface area contributed by atoms with E-state index in [4.69, 9.17) is 4.42 Å². The van der Waals surface area contributed by atoms with Crippen molar-refractivity contribution in [2.75, 3.05) is 0 Å². The van der Waals surface area contributed by atoms with Crippen LogP contribution in [0.15, 0.2) is 45.1 Å². The van der Waals surface area contributed by atoms with Crippen molar-refractivity contribution in [3.8, 4) is 11.3 Å². The van der Waals surface area contributed by atoms with Gasteiger partial charge in [0, 0.05) is 22.4 Å². The molecule has 0 bridgehead atoms. The van der Waals surface area contributed by atoms with Gasteiger partial charge < -0.3 is 9.52 Å². The predicted molar refractivity (Wildman–Crippen MR) is 108 cm³/mol. The number of aryl methyl sites for hydroxylation is 1. The van der Waals surface area contributed by atoms with E-state index < -0.39 is 29.5 Å². The molecule has 1 atom stereocenters. The van der Waals surface area contributed by atoms with Crippen molar-refractivity contribution in [3.05, 3.63) is 62.5 Å². The van der Waals surface area contributed by atoms with Crippen LogP contribution in [-0.4, -0.2) is 31.3 Å². The van der Waals surface area contributed by atoms with Gasteiger partial charge in [0.05, 0.1) is 23.4 Å². The summed E-state index contributed by atoms with van der Waals surface area (Å²) in [4.78, 5) is 16.5. The van der Waals surface area contributed by atoms with E-state index in [0.717, 1.165) is 11.2 Å². The van der Waals surface area contributed by atoms with Gasteiger partial charge >= 0.3 is 11.8 Å². The number of rotatable bonds is 5. The molecule has 0 spiro atoms. The number of hydrogen-bond donors (Lipinski definition) is 1. The van der Waals surface area contributed by atoms with Crippen LogP contribution >= 0.6 is 11.3 Å². The fraction of sp³-hybridized carbons (Fsp3) is 0.300. The number of thiazole rings is 1. The van der Waals surface area contributed by atoms with Crippen molar-refractivity contribution >= 4 is 22.3 Å². The summed E-state index contributed by atoms with van der Waals surface area (Å²) in [5.74, 6) is 0. The molecule has 0 amide bonds. The van der Waals surface area contributed by atoms with E-state index in [-0.39, 0.29) is 6.54 Å². The Kier molecular flexibility index (Phi) is 5.18. The molecule has 1 aromatic carbocycles. The third-order valence-corrected chi connectivity index (χ3v) is 5.76. The van der Waals surface area contributed by atoms with Crippen molar-refractivity contribution in [3.63, 3.8) is 0 Å². The quantitative estimate of drug-likeness (QED) is 0.462. The second-order valence-electron chi connectivity index (χ2n) is 7.07. The molecule has 0 saturated heterocycles. The first-order chi connectivity index (χ1) is 14.6. The van der Waals surface area contributed by atoms with Crippen LogP contribution < -0.4 is 5.63 Å². The van der Waals surface area contributed by atoms with E-state index in [0.29, 0.717) is 27.8 Å². The minimum Gasteiger partial charge on any atom is -0.423 e. The highest BCUT2D eigenvalue weighted by molar-refractivity contribution is 7.09. The van der Waals surface area contributed by atoms with Gasteiger partial charge in [-0.3, -0.25) is 0 Å². The monoisotopic (exact) mass is 450 g/mol. The van der Waals surface area contributed by atoms with E-state index in [1.54, 1.807) is 18.2 Å². The SMILES string of the molecule is CCC(O)(c1cn(Cc2ccc3c(-c4csc(C)n4)cc(=O)oc3c2)nn1)C(F)(F)F. The number of aliphatic hydroxyl groups is 1. The number of halogens is 3. The number of hydrogen-bond acceptors (Lipinski definition) is 7. The van der Waals surface area contributed by atoms with E-state index in [2.05, 4.69) is 15.3 Å². The van der Waals surface area contributed by atoms with Crippen LogP contribution in [-0.2, 0) is 12.1 Å². The molecule has 3 heterocycles. The van der Waals surface area contributed by atoms with Crippen LogP contribution in [0.3, 0.4) is 0 Å². The number of benzene rings is 1. The van der Waals surface area contributed by atoms with Gasteiger partial charge in [0.15, 0.2) is 0 Å². The molecule has 31 heavy (non-hydrogen) atoms. The largest absolute Gasteiger partial charge is 0.423 e. The van der Waals surface area contributed by atoms with Crippen LogP contribution in [0.4, 0.5) is 13.2 Å². The molecule has 4 aromatic rings. The standard InChI is InChI=1S/C20H17F3N4O3S/c1-3-19(29,20(21,22)23)17-9-27(26-25-17)8-12-4-5-13-14(15-10-31-11(2)24-15)7-18(28)30-16(13)6-12/h4-7,9-10,29H,3,8H2,1-2H3. The lowest BCUT2D eigenvalue weighted by molar-refractivity contribution is -0.269. The van der Waals surface area contributed by atoms with Crippen molar-refractivity contribution in [1.29, 1.82) is 0 Å². The Labute approximate surface area is 177 Å². The average Bonchev–Trinajstić information content (AvgIpc) is 3.35. The van der Waals surface area contributed by atoms with Gasteiger partial charge in [-0.15, -0.1) is 16.4 Å². The highest BCUT2D eigenvalue weighted by Gasteiger charge is 2.55. The van der Waals surface area contributed by atoms with Crippen molar-refractivity contribution in [1.82, 2.24) is 20.0 Å². The van der Waals surface area contributed by atoms with Gasteiger partial charge in [0.1, 0.15) is 11.3 Å². The van der Waals surface area contributed by atoms with Crippen LogP contribution in [0.1, 0.15) is 29.6 Å². The van der Waals surface area contributed by atoms with Crippen LogP contribution in [0.2, 0.25) is 0 Å².